The Bertz CT molecular complexity index is 465. The maximum Gasteiger partial charge on any atom is 0.182 e. The molecule has 1 aliphatic rings. The summed E-state index contributed by atoms with van der Waals surface area (Å²) in [6.07, 6.45) is 0. The fourth-order valence-corrected chi connectivity index (χ4v) is 3.32. The molecule has 1 aromatic rings. The lowest BCUT2D eigenvalue weighted by Crippen LogP contribution is -2.32. The quantitative estimate of drug-likeness (QED) is 0.647. The van der Waals surface area contributed by atoms with Crippen molar-refractivity contribution in [2.75, 3.05) is 24.2 Å². The van der Waals surface area contributed by atoms with Gasteiger partial charge in [0.1, 0.15) is 0 Å². The van der Waals surface area contributed by atoms with E-state index >= 15 is 0 Å². The number of rotatable bonds is 0. The fraction of sp³-hybridized carbons (Fsp3) is 0.400. The minimum absolute atomic E-state index is 0.222. The van der Waals surface area contributed by atoms with Crippen LogP contribution in [0.15, 0.2) is 23.1 Å². The third-order valence-corrected chi connectivity index (χ3v) is 4.27. The summed E-state index contributed by atoms with van der Waals surface area (Å²) in [7, 11) is -1.12. The largest absolute Gasteiger partial charge is 0.373 e. The van der Waals surface area contributed by atoms with Gasteiger partial charge in [0.2, 0.25) is 0 Å². The molecule has 0 radical (unpaired) electrons. The molecule has 1 aliphatic heterocycles. The predicted octanol–water partition coefficient (Wildman–Crippen LogP) is 1.22. The molecule has 1 aromatic carbocycles. The average Bonchev–Trinajstić information content (AvgIpc) is 2.12. The van der Waals surface area contributed by atoms with Crippen LogP contribution in [0.2, 0.25) is 0 Å². The van der Waals surface area contributed by atoms with Crippen LogP contribution in [0.25, 0.3) is 0 Å². The molecule has 14 heavy (non-hydrogen) atoms. The lowest BCUT2D eigenvalue weighted by atomic mass is 10.2. The third kappa shape index (κ3) is 1.39. The van der Waals surface area contributed by atoms with Crippen LogP contribution in [0.1, 0.15) is 5.56 Å². The molecule has 0 saturated carbocycles. The summed E-state index contributed by atoms with van der Waals surface area (Å²) in [5.41, 5.74) is 1.81. The molecule has 0 aromatic heterocycles. The highest BCUT2D eigenvalue weighted by molar-refractivity contribution is 7.91. The van der Waals surface area contributed by atoms with Crippen LogP contribution in [-0.4, -0.2) is 27.8 Å². The number of benzene rings is 1. The molecule has 0 amide bonds. The van der Waals surface area contributed by atoms with E-state index in [4.69, 9.17) is 0 Å². The third-order valence-electron chi connectivity index (χ3n) is 2.56. The number of sulfone groups is 1. The van der Waals surface area contributed by atoms with Gasteiger partial charge in [0.15, 0.2) is 9.84 Å². The first-order valence-corrected chi connectivity index (χ1v) is 6.20. The zero-order valence-corrected chi connectivity index (χ0v) is 9.13. The van der Waals surface area contributed by atoms with Gasteiger partial charge in [-0.05, 0) is 24.6 Å². The molecular weight excluding hydrogens is 198 g/mol. The van der Waals surface area contributed by atoms with E-state index in [2.05, 4.69) is 0 Å². The highest BCUT2D eigenvalue weighted by atomic mass is 32.2. The van der Waals surface area contributed by atoms with Crippen molar-refractivity contribution in [2.24, 2.45) is 0 Å². The second-order valence-electron chi connectivity index (χ2n) is 3.71. The van der Waals surface area contributed by atoms with E-state index in [0.29, 0.717) is 11.4 Å². The first kappa shape index (κ1) is 9.52. The minimum Gasteiger partial charge on any atom is -0.373 e. The molecule has 0 atom stereocenters. The number of fused-ring (bicyclic) bond motifs is 1. The summed E-state index contributed by atoms with van der Waals surface area (Å²) in [5.74, 6) is 0.222. The SMILES string of the molecule is Cc1ccc2c(c1)S(=O)(=O)CCN2C. The predicted molar refractivity (Wildman–Crippen MR) is 56.5 cm³/mol. The summed E-state index contributed by atoms with van der Waals surface area (Å²) >= 11 is 0. The van der Waals surface area contributed by atoms with Gasteiger partial charge in [0.25, 0.3) is 0 Å². The Morgan fingerprint density at radius 1 is 1.36 bits per heavy atom. The van der Waals surface area contributed by atoms with Gasteiger partial charge in [-0.2, -0.15) is 0 Å². The van der Waals surface area contributed by atoms with Gasteiger partial charge in [0, 0.05) is 13.6 Å². The first-order valence-electron chi connectivity index (χ1n) is 4.55. The van der Waals surface area contributed by atoms with E-state index in [1.54, 1.807) is 6.07 Å². The monoisotopic (exact) mass is 211 g/mol. The van der Waals surface area contributed by atoms with Gasteiger partial charge in [-0.15, -0.1) is 0 Å². The highest BCUT2D eigenvalue weighted by Crippen LogP contribution is 2.29. The van der Waals surface area contributed by atoms with Crippen molar-refractivity contribution in [3.63, 3.8) is 0 Å². The van der Waals surface area contributed by atoms with Crippen LogP contribution in [0.4, 0.5) is 5.69 Å². The maximum absolute atomic E-state index is 11.7. The van der Waals surface area contributed by atoms with Gasteiger partial charge in [-0.3, -0.25) is 0 Å². The highest BCUT2D eigenvalue weighted by Gasteiger charge is 2.26. The van der Waals surface area contributed by atoms with Gasteiger partial charge in [-0.25, -0.2) is 8.42 Å². The zero-order chi connectivity index (χ0) is 10.3. The molecule has 76 valence electrons. The molecule has 3 nitrogen and oxygen atoms in total. The summed E-state index contributed by atoms with van der Waals surface area (Å²) in [6.45, 7) is 2.49. The van der Waals surface area contributed by atoms with Crippen molar-refractivity contribution >= 4 is 15.5 Å². The molecule has 0 unspecified atom stereocenters. The summed E-state index contributed by atoms with van der Waals surface area (Å²) in [5, 5.41) is 0. The van der Waals surface area contributed by atoms with Crippen molar-refractivity contribution in [1.29, 1.82) is 0 Å². The Hall–Kier alpha value is -1.03. The summed E-state index contributed by atoms with van der Waals surface area (Å²) in [6, 6.07) is 5.57. The summed E-state index contributed by atoms with van der Waals surface area (Å²) < 4.78 is 23.5. The average molecular weight is 211 g/mol. The molecule has 0 N–H and O–H groups in total. The van der Waals surface area contributed by atoms with E-state index in [1.807, 2.05) is 31.0 Å². The number of hydrogen-bond donors (Lipinski definition) is 0. The maximum atomic E-state index is 11.7. The molecule has 4 heteroatoms. The Balaban J connectivity index is 2.70. The van der Waals surface area contributed by atoms with Crippen LogP contribution in [-0.2, 0) is 9.84 Å². The second-order valence-corrected chi connectivity index (χ2v) is 5.79. The lowest BCUT2D eigenvalue weighted by Gasteiger charge is -2.27. The van der Waals surface area contributed by atoms with Gasteiger partial charge in [0.05, 0.1) is 16.3 Å². The minimum atomic E-state index is -3.04. The van der Waals surface area contributed by atoms with Crippen molar-refractivity contribution in [3.05, 3.63) is 23.8 Å². The molecule has 1 heterocycles. The molecule has 0 saturated heterocycles. The molecule has 0 fully saturated rings. The topological polar surface area (TPSA) is 37.4 Å². The van der Waals surface area contributed by atoms with E-state index in [9.17, 15) is 8.42 Å². The smallest absolute Gasteiger partial charge is 0.182 e. The molecular formula is C10H13NO2S. The number of nitrogens with zero attached hydrogens (tertiary/aromatic N) is 1. The molecule has 0 spiro atoms. The van der Waals surface area contributed by atoms with E-state index in [1.165, 1.54) is 0 Å². The second kappa shape index (κ2) is 2.98. The first-order chi connectivity index (χ1) is 6.50. The van der Waals surface area contributed by atoms with Crippen LogP contribution in [0.3, 0.4) is 0 Å². The summed E-state index contributed by atoms with van der Waals surface area (Å²) in [4.78, 5) is 2.46. The lowest BCUT2D eigenvalue weighted by molar-refractivity contribution is 0.591. The van der Waals surface area contributed by atoms with Crippen molar-refractivity contribution in [1.82, 2.24) is 0 Å². The van der Waals surface area contributed by atoms with Crippen LogP contribution in [0, 0.1) is 6.92 Å². The van der Waals surface area contributed by atoms with Crippen LogP contribution < -0.4 is 4.90 Å². The van der Waals surface area contributed by atoms with Crippen LogP contribution in [0.5, 0.6) is 0 Å². The van der Waals surface area contributed by atoms with Gasteiger partial charge < -0.3 is 4.90 Å². The van der Waals surface area contributed by atoms with Gasteiger partial charge >= 0.3 is 0 Å². The van der Waals surface area contributed by atoms with E-state index in [-0.39, 0.29) is 5.75 Å². The number of aryl methyl sites for hydroxylation is 1. The fourth-order valence-electron chi connectivity index (χ4n) is 1.67. The number of anilines is 1. The normalized spacial score (nSPS) is 19.1. The van der Waals surface area contributed by atoms with Crippen molar-refractivity contribution < 1.29 is 8.42 Å². The van der Waals surface area contributed by atoms with Crippen molar-refractivity contribution in [2.45, 2.75) is 11.8 Å². The Kier molecular flexibility index (Phi) is 2.03. The number of hydrogen-bond acceptors (Lipinski definition) is 3. The molecule has 0 aliphatic carbocycles. The van der Waals surface area contributed by atoms with Crippen LogP contribution >= 0.6 is 0 Å². The molecule has 0 bridgehead atoms. The standard InChI is InChI=1S/C10H13NO2S/c1-8-3-4-9-10(7-8)14(12,13)6-5-11(9)2/h3-4,7H,5-6H2,1-2H3. The Morgan fingerprint density at radius 3 is 2.79 bits per heavy atom. The van der Waals surface area contributed by atoms with Gasteiger partial charge in [-0.1, -0.05) is 6.07 Å². The van der Waals surface area contributed by atoms with E-state index < -0.39 is 9.84 Å². The van der Waals surface area contributed by atoms with E-state index in [0.717, 1.165) is 11.3 Å². The van der Waals surface area contributed by atoms with Crippen molar-refractivity contribution in [3.8, 4) is 0 Å². The molecule has 2 rings (SSSR count). The zero-order valence-electron chi connectivity index (χ0n) is 8.32. The Labute approximate surface area is 84.3 Å². The Morgan fingerprint density at radius 2 is 2.07 bits per heavy atom.